The van der Waals surface area contributed by atoms with Gasteiger partial charge in [-0.1, -0.05) is 39.0 Å². The van der Waals surface area contributed by atoms with Gasteiger partial charge < -0.3 is 19.4 Å². The molecule has 1 aliphatic rings. The van der Waals surface area contributed by atoms with Gasteiger partial charge in [0.1, 0.15) is 6.10 Å². The van der Waals surface area contributed by atoms with Crippen LogP contribution in [-0.2, 0) is 18.3 Å². The van der Waals surface area contributed by atoms with E-state index in [4.69, 9.17) is 19.4 Å². The maximum absolute atomic E-state index is 12.7. The van der Waals surface area contributed by atoms with E-state index in [2.05, 4.69) is 0 Å². The summed E-state index contributed by atoms with van der Waals surface area (Å²) in [6.45, 7) is 8.45. The fourth-order valence-corrected chi connectivity index (χ4v) is 6.51. The van der Waals surface area contributed by atoms with Gasteiger partial charge in [-0.2, -0.15) is 0 Å². The maximum atomic E-state index is 12.7. The van der Waals surface area contributed by atoms with E-state index in [1.165, 1.54) is 19.3 Å². The van der Waals surface area contributed by atoms with E-state index in [0.29, 0.717) is 18.9 Å². The van der Waals surface area contributed by atoms with Crippen LogP contribution in [0, 0.1) is 5.92 Å². The van der Waals surface area contributed by atoms with Crippen molar-refractivity contribution in [2.45, 2.75) is 83.5 Å². The average Bonchev–Trinajstić information content (AvgIpc) is 2.49. The Morgan fingerprint density at radius 3 is 2.38 bits per heavy atom. The van der Waals surface area contributed by atoms with Gasteiger partial charge in [0.05, 0.1) is 6.61 Å². The van der Waals surface area contributed by atoms with Crippen molar-refractivity contribution in [2.75, 3.05) is 6.61 Å². The summed E-state index contributed by atoms with van der Waals surface area (Å²) in [5.41, 5.74) is 5.26. The molecule has 0 heterocycles. The number of nitrogens with two attached hydrogens (primary N) is 1. The van der Waals surface area contributed by atoms with Crippen molar-refractivity contribution in [3.63, 3.8) is 0 Å². The molecule has 8 heteroatoms. The third-order valence-electron chi connectivity index (χ3n) is 4.06. The second-order valence-corrected chi connectivity index (χ2v) is 13.5. The van der Waals surface area contributed by atoms with Crippen LogP contribution in [0.5, 0.6) is 0 Å². The topological polar surface area (TPSA) is 87.8 Å². The van der Waals surface area contributed by atoms with Gasteiger partial charge in [0.25, 0.3) is 0 Å². The number of carbonyl (C=O) groups excluding carboxylic acids is 1. The van der Waals surface area contributed by atoms with Crippen molar-refractivity contribution < 1.29 is 23.0 Å². The van der Waals surface area contributed by atoms with Crippen LogP contribution in [0.15, 0.2) is 0 Å². The number of ether oxygens (including phenoxy) is 1. The zero-order valence-electron chi connectivity index (χ0n) is 15.5. The van der Waals surface area contributed by atoms with Crippen LogP contribution < -0.4 is 5.73 Å². The van der Waals surface area contributed by atoms with Crippen molar-refractivity contribution in [1.29, 1.82) is 0 Å². The van der Waals surface area contributed by atoms with Crippen LogP contribution in [-0.4, -0.2) is 33.0 Å². The van der Waals surface area contributed by atoms with Crippen molar-refractivity contribution in [2.24, 2.45) is 11.7 Å². The van der Waals surface area contributed by atoms with E-state index in [9.17, 15) is 9.36 Å². The highest BCUT2D eigenvalue weighted by Crippen LogP contribution is 2.39. The Kier molecular flexibility index (Phi) is 9.56. The molecule has 2 unspecified atom stereocenters. The number of primary amides is 1. The summed E-state index contributed by atoms with van der Waals surface area (Å²) in [5.74, 6) is -0.251. The second kappa shape index (κ2) is 10.6. The molecule has 0 bridgehead atoms. The number of rotatable bonds is 10. The van der Waals surface area contributed by atoms with Gasteiger partial charge >= 0.3 is 6.09 Å². The van der Waals surface area contributed by atoms with E-state index in [0.717, 1.165) is 19.3 Å². The molecule has 1 fully saturated rings. The highest BCUT2D eigenvalue weighted by molar-refractivity contribution is 7.40. The van der Waals surface area contributed by atoms with Crippen LogP contribution in [0.1, 0.15) is 51.9 Å². The van der Waals surface area contributed by atoms with Crippen LogP contribution in [0.3, 0.4) is 0 Å². The molecule has 0 saturated heterocycles. The molecule has 0 aliphatic heterocycles. The zero-order valence-corrected chi connectivity index (χ0v) is 17.5. The molecule has 2 N–H and O–H groups in total. The minimum absolute atomic E-state index is 0.413. The Bertz CT molecular complexity index is 410. The highest BCUT2D eigenvalue weighted by atomic mass is 31.1. The van der Waals surface area contributed by atoms with Gasteiger partial charge in [0, 0.05) is 0 Å². The van der Waals surface area contributed by atoms with Crippen molar-refractivity contribution >= 4 is 22.4 Å². The van der Waals surface area contributed by atoms with Gasteiger partial charge in [-0.3, -0.25) is 4.57 Å². The van der Waals surface area contributed by atoms with Gasteiger partial charge in [-0.15, -0.1) is 0 Å². The van der Waals surface area contributed by atoms with Crippen molar-refractivity contribution in [1.82, 2.24) is 0 Å². The van der Waals surface area contributed by atoms with Crippen LogP contribution in [0.25, 0.3) is 0 Å². The minimum Gasteiger partial charge on any atom is -0.443 e. The summed E-state index contributed by atoms with van der Waals surface area (Å²) < 4.78 is 29.6. The molecule has 24 heavy (non-hydrogen) atoms. The summed E-state index contributed by atoms with van der Waals surface area (Å²) in [6, 6.07) is 0. The molecule has 1 amide bonds. The number of carbonyl (C=O) groups is 1. The number of amides is 1. The molecule has 1 rings (SSSR count). The summed E-state index contributed by atoms with van der Waals surface area (Å²) in [7, 11) is -4.48. The van der Waals surface area contributed by atoms with E-state index >= 15 is 0 Å². The quantitative estimate of drug-likeness (QED) is 0.446. The molecule has 0 spiro atoms. The van der Waals surface area contributed by atoms with Crippen molar-refractivity contribution in [3.05, 3.63) is 0 Å². The molecule has 3 atom stereocenters. The van der Waals surface area contributed by atoms with Crippen LogP contribution >= 0.6 is 8.03 Å². The lowest BCUT2D eigenvalue weighted by Crippen LogP contribution is -2.41. The predicted octanol–water partition coefficient (Wildman–Crippen LogP) is 4.50. The van der Waals surface area contributed by atoms with Gasteiger partial charge in [-0.25, -0.2) is 4.79 Å². The molecular formula is C16H34NO5PSi. The zero-order chi connectivity index (χ0) is 18.2. The summed E-state index contributed by atoms with van der Waals surface area (Å²) in [4.78, 5) is 11.4. The molecule has 6 nitrogen and oxygen atoms in total. The normalized spacial score (nSPS) is 20.3. The maximum Gasteiger partial charge on any atom is 0.404 e. The molecule has 0 aromatic heterocycles. The third kappa shape index (κ3) is 8.65. The Morgan fingerprint density at radius 2 is 1.88 bits per heavy atom. The van der Waals surface area contributed by atoms with E-state index < -0.39 is 34.4 Å². The largest absolute Gasteiger partial charge is 0.443 e. The Morgan fingerprint density at radius 1 is 1.25 bits per heavy atom. The highest BCUT2D eigenvalue weighted by Gasteiger charge is 2.36. The Balaban J connectivity index is 2.89. The minimum atomic E-state index is -2.49. The van der Waals surface area contributed by atoms with Gasteiger partial charge in [0.15, 0.2) is 14.2 Å². The first-order valence-electron chi connectivity index (χ1n) is 9.03. The van der Waals surface area contributed by atoms with Crippen LogP contribution in [0.2, 0.25) is 19.6 Å². The lowest BCUT2D eigenvalue weighted by Gasteiger charge is -2.34. The molecule has 0 radical (unpaired) electrons. The smallest absolute Gasteiger partial charge is 0.404 e. The number of hydrogen-bond acceptors (Lipinski definition) is 5. The molecule has 142 valence electrons. The van der Waals surface area contributed by atoms with Crippen LogP contribution in [0.4, 0.5) is 4.79 Å². The average molecular weight is 380 g/mol. The summed E-state index contributed by atoms with van der Waals surface area (Å²) >= 11 is 0. The lowest BCUT2D eigenvalue weighted by molar-refractivity contribution is 0.0285. The fourth-order valence-electron chi connectivity index (χ4n) is 3.08. The van der Waals surface area contributed by atoms with Gasteiger partial charge in [0.2, 0.25) is 8.03 Å². The fraction of sp³-hybridized carbons (Fsp3) is 0.938. The molecule has 0 aromatic rings. The second-order valence-electron chi connectivity index (χ2n) is 7.53. The van der Waals surface area contributed by atoms with E-state index in [-0.39, 0.29) is 0 Å². The van der Waals surface area contributed by atoms with Gasteiger partial charge in [-0.05, 0) is 38.4 Å². The first-order chi connectivity index (χ1) is 11.2. The third-order valence-corrected chi connectivity index (χ3v) is 6.70. The monoisotopic (exact) mass is 379 g/mol. The Labute approximate surface area is 147 Å². The first-order valence-corrected chi connectivity index (χ1v) is 13.8. The molecule has 1 saturated carbocycles. The van der Waals surface area contributed by atoms with Crippen molar-refractivity contribution in [3.8, 4) is 0 Å². The standard InChI is InChI=1S/C16H34NO5PSi/c1-5-11-20-23(19)15(22-24(2,3)4)14(21-16(17)18)12-13-9-7-6-8-10-13/h13-15,23H,5-12H2,1-4H3,(H2,17,18)/t14-,15?/m0/s1. The van der Waals surface area contributed by atoms with E-state index in [1.54, 1.807) is 0 Å². The molecule has 1 aliphatic carbocycles. The first kappa shape index (κ1) is 21.7. The predicted molar refractivity (Wildman–Crippen MR) is 99.1 cm³/mol. The van der Waals surface area contributed by atoms with E-state index in [1.807, 2.05) is 26.6 Å². The summed E-state index contributed by atoms with van der Waals surface area (Å²) in [6.07, 6.45) is 5.83. The summed E-state index contributed by atoms with van der Waals surface area (Å²) in [5, 5.41) is 0. The lowest BCUT2D eigenvalue weighted by atomic mass is 9.85. The Hall–Kier alpha value is -0.363. The SMILES string of the molecule is CCCO[PH](=O)C(O[Si](C)(C)C)[C@H](CC1CCCCC1)OC(N)=O. The number of hydrogen-bond donors (Lipinski definition) is 1. The molecular weight excluding hydrogens is 345 g/mol. The molecule has 0 aromatic carbocycles.